The number of carbonyl (C=O) groups is 1. The van der Waals surface area contributed by atoms with Gasteiger partial charge in [0.25, 0.3) is 5.91 Å². The minimum absolute atomic E-state index is 0.00706. The molecule has 1 saturated heterocycles. The maximum absolute atomic E-state index is 13.7. The molecule has 0 radical (unpaired) electrons. The number of carbonyl (C=O) groups excluding carboxylic acids is 1. The fourth-order valence-corrected chi connectivity index (χ4v) is 7.77. The summed E-state index contributed by atoms with van der Waals surface area (Å²) in [5, 5.41) is 1.80. The lowest BCUT2D eigenvalue weighted by atomic mass is 10.0. The van der Waals surface area contributed by atoms with E-state index in [-0.39, 0.29) is 18.0 Å². The minimum Gasteiger partial charge on any atom is -0.497 e. The van der Waals surface area contributed by atoms with E-state index in [0.29, 0.717) is 28.2 Å². The summed E-state index contributed by atoms with van der Waals surface area (Å²) in [7, 11) is 5.32. The molecule has 8 nitrogen and oxygen atoms in total. The smallest absolute Gasteiger partial charge is 0.254 e. The van der Waals surface area contributed by atoms with Gasteiger partial charge in [-0.1, -0.05) is 23.7 Å². The van der Waals surface area contributed by atoms with Gasteiger partial charge in [-0.3, -0.25) is 4.79 Å². The van der Waals surface area contributed by atoms with Gasteiger partial charge in [-0.2, -0.15) is 0 Å². The maximum atomic E-state index is 13.7. The molecule has 2 N–H and O–H groups in total. The van der Waals surface area contributed by atoms with E-state index in [4.69, 9.17) is 31.8 Å². The summed E-state index contributed by atoms with van der Waals surface area (Å²) in [6.07, 6.45) is 4.54. The van der Waals surface area contributed by atoms with Crippen LogP contribution in [0.15, 0.2) is 54.6 Å². The van der Waals surface area contributed by atoms with Crippen LogP contribution in [0.4, 0.5) is 0 Å². The molecule has 2 unspecified atom stereocenters. The molecule has 3 aliphatic rings. The van der Waals surface area contributed by atoms with Gasteiger partial charge in [0.05, 0.1) is 30.5 Å². The maximum Gasteiger partial charge on any atom is 0.254 e. The molecule has 226 valence electrons. The predicted octanol–water partition coefficient (Wildman–Crippen LogP) is 6.50. The van der Waals surface area contributed by atoms with Crippen LogP contribution in [-0.4, -0.2) is 57.8 Å². The third-order valence-electron chi connectivity index (χ3n) is 10.1. The van der Waals surface area contributed by atoms with Crippen LogP contribution < -0.4 is 15.2 Å². The number of piperidine rings is 1. The average molecular weight is 610 g/mol. The standard InChI is InChI=1S/C35H36ClN5O3/c1-39-33-27(12-23(15-31(33)44-3)35(42)41-18-22-8-11-28(41)32(22)37)38-34(39)30-14-21-7-6-20(13-29(21)40(30)17-19-4-5-19)25-10-9-24(43-2)16-26(25)36/h6-7,9-10,12-16,19,22,28,32H,4-5,8,11,17-18,37H2,1-3H3/t22?,28?,32-/m1/s1. The number of methoxy groups -OCH3 is 2. The lowest BCUT2D eigenvalue weighted by Crippen LogP contribution is -2.41. The first-order valence-corrected chi connectivity index (χ1v) is 15.8. The molecule has 44 heavy (non-hydrogen) atoms. The first kappa shape index (κ1) is 27.5. The van der Waals surface area contributed by atoms with Gasteiger partial charge in [0.1, 0.15) is 17.0 Å². The quantitative estimate of drug-likeness (QED) is 0.227. The van der Waals surface area contributed by atoms with E-state index in [1.54, 1.807) is 14.2 Å². The number of imidazole rings is 1. The third kappa shape index (κ3) is 4.30. The summed E-state index contributed by atoms with van der Waals surface area (Å²) >= 11 is 6.68. The number of hydrogen-bond donors (Lipinski definition) is 1. The number of amides is 1. The number of hydrogen-bond acceptors (Lipinski definition) is 5. The van der Waals surface area contributed by atoms with Crippen molar-refractivity contribution in [2.75, 3.05) is 20.8 Å². The number of ether oxygens (including phenoxy) is 2. The molecule has 2 saturated carbocycles. The number of benzene rings is 3. The van der Waals surface area contributed by atoms with Crippen molar-refractivity contribution in [2.24, 2.45) is 24.6 Å². The first-order chi connectivity index (χ1) is 21.3. The summed E-state index contributed by atoms with van der Waals surface area (Å²) < 4.78 is 15.7. The summed E-state index contributed by atoms with van der Waals surface area (Å²) in [4.78, 5) is 20.8. The fraction of sp³-hybridized carbons (Fsp3) is 0.371. The molecule has 8 rings (SSSR count). The highest BCUT2D eigenvalue weighted by Crippen LogP contribution is 2.41. The van der Waals surface area contributed by atoms with E-state index in [2.05, 4.69) is 33.4 Å². The Kier molecular flexibility index (Phi) is 6.43. The molecule has 0 spiro atoms. The second kappa shape index (κ2) is 10.3. The van der Waals surface area contributed by atoms with E-state index in [1.807, 2.05) is 42.3 Å². The van der Waals surface area contributed by atoms with Crippen molar-refractivity contribution in [3.8, 4) is 34.1 Å². The normalized spacial score (nSPS) is 21.1. The molecule has 9 heteroatoms. The molecule has 3 aromatic carbocycles. The van der Waals surface area contributed by atoms with Crippen LogP contribution in [0.2, 0.25) is 5.02 Å². The number of nitrogens with zero attached hydrogens (tertiary/aromatic N) is 4. The van der Waals surface area contributed by atoms with Gasteiger partial charge in [-0.25, -0.2) is 4.98 Å². The van der Waals surface area contributed by atoms with Crippen LogP contribution in [-0.2, 0) is 13.6 Å². The van der Waals surface area contributed by atoms with Gasteiger partial charge in [0.15, 0.2) is 5.82 Å². The zero-order valence-corrected chi connectivity index (χ0v) is 26.0. The molecule has 1 amide bonds. The fourth-order valence-electron chi connectivity index (χ4n) is 7.49. The number of likely N-dealkylation sites (tertiary alicyclic amines) is 1. The Morgan fingerprint density at radius 1 is 1.02 bits per heavy atom. The second-order valence-electron chi connectivity index (χ2n) is 12.7. The third-order valence-corrected chi connectivity index (χ3v) is 10.4. The number of rotatable bonds is 7. The van der Waals surface area contributed by atoms with Crippen molar-refractivity contribution >= 4 is 39.4 Å². The minimum atomic E-state index is 0.00706. The number of nitrogens with two attached hydrogens (primary N) is 1. The number of fused-ring (bicyclic) bond motifs is 4. The van der Waals surface area contributed by atoms with Gasteiger partial charge in [0.2, 0.25) is 0 Å². The molecule has 5 aromatic rings. The van der Waals surface area contributed by atoms with Crippen molar-refractivity contribution in [2.45, 2.75) is 44.3 Å². The van der Waals surface area contributed by atoms with Crippen molar-refractivity contribution in [3.63, 3.8) is 0 Å². The molecule has 3 fully saturated rings. The highest BCUT2D eigenvalue weighted by molar-refractivity contribution is 6.33. The van der Waals surface area contributed by atoms with Crippen LogP contribution in [0.1, 0.15) is 36.0 Å². The van der Waals surface area contributed by atoms with Crippen LogP contribution >= 0.6 is 11.6 Å². The van der Waals surface area contributed by atoms with Gasteiger partial charge < -0.3 is 29.2 Å². The van der Waals surface area contributed by atoms with Crippen molar-refractivity contribution in [1.29, 1.82) is 0 Å². The van der Waals surface area contributed by atoms with E-state index in [1.165, 1.54) is 12.8 Å². The van der Waals surface area contributed by atoms with Crippen LogP contribution in [0.3, 0.4) is 0 Å². The lowest BCUT2D eigenvalue weighted by molar-refractivity contribution is 0.0700. The molecular formula is C35H36ClN5O3. The molecule has 1 aliphatic heterocycles. The van der Waals surface area contributed by atoms with Gasteiger partial charge >= 0.3 is 0 Å². The van der Waals surface area contributed by atoms with E-state index >= 15 is 0 Å². The van der Waals surface area contributed by atoms with E-state index < -0.39 is 0 Å². The SMILES string of the molecule is COc1ccc(-c2ccc3cc(-c4nc5cc(C(=O)N6CC7CCC6[C@@H]7N)cc(OC)c5n4C)n(CC4CC4)c3c2)c(Cl)c1. The Morgan fingerprint density at radius 3 is 2.55 bits per heavy atom. The Balaban J connectivity index is 1.24. The highest BCUT2D eigenvalue weighted by atomic mass is 35.5. The zero-order valence-electron chi connectivity index (χ0n) is 25.2. The Hall–Kier alpha value is -4.01. The van der Waals surface area contributed by atoms with Crippen LogP contribution in [0, 0.1) is 11.8 Å². The summed E-state index contributed by atoms with van der Waals surface area (Å²) in [6, 6.07) is 18.5. The number of aryl methyl sites for hydroxylation is 1. The van der Waals surface area contributed by atoms with Crippen LogP contribution in [0.25, 0.3) is 44.6 Å². The Morgan fingerprint density at radius 2 is 1.86 bits per heavy atom. The molecule has 3 heterocycles. The Labute approximate surface area is 261 Å². The summed E-state index contributed by atoms with van der Waals surface area (Å²) in [5.41, 5.74) is 12.8. The highest BCUT2D eigenvalue weighted by Gasteiger charge is 2.47. The van der Waals surface area contributed by atoms with Crippen molar-refractivity contribution < 1.29 is 14.3 Å². The number of halogens is 1. The monoisotopic (exact) mass is 609 g/mol. The van der Waals surface area contributed by atoms with Gasteiger partial charge in [-0.05, 0) is 85.5 Å². The molecular weight excluding hydrogens is 574 g/mol. The van der Waals surface area contributed by atoms with Crippen LogP contribution in [0.5, 0.6) is 11.5 Å². The predicted molar refractivity (Wildman–Crippen MR) is 173 cm³/mol. The Bertz CT molecular complexity index is 1960. The topological polar surface area (TPSA) is 87.5 Å². The molecule has 3 atom stereocenters. The van der Waals surface area contributed by atoms with Gasteiger partial charge in [-0.15, -0.1) is 0 Å². The molecule has 2 aliphatic carbocycles. The molecule has 2 aromatic heterocycles. The van der Waals surface area contributed by atoms with Gasteiger partial charge in [0, 0.05) is 54.3 Å². The van der Waals surface area contributed by atoms with E-state index in [0.717, 1.165) is 76.3 Å². The summed E-state index contributed by atoms with van der Waals surface area (Å²) in [6.45, 7) is 1.64. The largest absolute Gasteiger partial charge is 0.497 e. The van der Waals surface area contributed by atoms with E-state index in [9.17, 15) is 4.79 Å². The van der Waals surface area contributed by atoms with Crippen molar-refractivity contribution in [3.05, 3.63) is 65.2 Å². The average Bonchev–Trinajstić information content (AvgIpc) is 3.44. The second-order valence-corrected chi connectivity index (χ2v) is 13.1. The molecule has 2 bridgehead atoms. The number of aromatic nitrogens is 3. The lowest BCUT2D eigenvalue weighted by Gasteiger charge is -2.27. The summed E-state index contributed by atoms with van der Waals surface area (Å²) in [5.74, 6) is 3.26. The van der Waals surface area contributed by atoms with Crippen molar-refractivity contribution in [1.82, 2.24) is 19.0 Å². The zero-order chi connectivity index (χ0) is 30.3. The first-order valence-electron chi connectivity index (χ1n) is 15.4.